The summed E-state index contributed by atoms with van der Waals surface area (Å²) in [4.78, 5) is 12.0. The Morgan fingerprint density at radius 1 is 1.06 bits per heavy atom. The van der Waals surface area contributed by atoms with Crippen LogP contribution in [0, 0.1) is 13.8 Å². The molecule has 0 unspecified atom stereocenters. The molecule has 0 saturated carbocycles. The minimum absolute atomic E-state index is 0.281. The van der Waals surface area contributed by atoms with Gasteiger partial charge >= 0.3 is 0 Å². The molecule has 4 aromatic rings. The van der Waals surface area contributed by atoms with Crippen molar-refractivity contribution in [2.24, 2.45) is 0 Å². The van der Waals surface area contributed by atoms with E-state index >= 15 is 0 Å². The normalized spacial score (nSPS) is 15.1. The van der Waals surface area contributed by atoms with Crippen LogP contribution in [0.5, 0.6) is 5.75 Å². The highest BCUT2D eigenvalue weighted by atomic mass is 35.5. The van der Waals surface area contributed by atoms with Crippen molar-refractivity contribution in [2.45, 2.75) is 33.4 Å². The van der Waals surface area contributed by atoms with Gasteiger partial charge in [0.1, 0.15) is 24.3 Å². The Labute approximate surface area is 191 Å². The molecule has 3 aromatic heterocycles. The standard InChI is InChI=1S/C23H27ClN6O2/c1-16-17(2)29(9-3-8-28-10-12-31-13-11-28)22-21(16)23-26-20(27-30(23)15-25-22)14-32-19-6-4-18(24)5-7-19/h4-7,15H,3,8-14H2,1-2H3. The molecule has 8 nitrogen and oxygen atoms in total. The Balaban J connectivity index is 1.36. The average Bonchev–Trinajstić information content (AvgIpc) is 3.33. The topological polar surface area (TPSA) is 69.7 Å². The molecule has 5 rings (SSSR count). The van der Waals surface area contributed by atoms with Crippen LogP contribution < -0.4 is 4.74 Å². The summed E-state index contributed by atoms with van der Waals surface area (Å²) in [6.45, 7) is 10.3. The minimum Gasteiger partial charge on any atom is -0.486 e. The first-order valence-electron chi connectivity index (χ1n) is 11.0. The summed E-state index contributed by atoms with van der Waals surface area (Å²) < 4.78 is 15.3. The number of fused-ring (bicyclic) bond motifs is 3. The molecule has 0 atom stereocenters. The second-order valence-electron chi connectivity index (χ2n) is 8.15. The van der Waals surface area contributed by atoms with Crippen molar-refractivity contribution in [3.63, 3.8) is 0 Å². The number of nitrogens with zero attached hydrogens (tertiary/aromatic N) is 6. The molecule has 4 heterocycles. The highest BCUT2D eigenvalue weighted by Crippen LogP contribution is 2.27. The molecule has 0 N–H and O–H groups in total. The van der Waals surface area contributed by atoms with Gasteiger partial charge in [0.05, 0.1) is 18.6 Å². The quantitative estimate of drug-likeness (QED) is 0.424. The first kappa shape index (κ1) is 21.2. The second kappa shape index (κ2) is 9.05. The first-order chi connectivity index (χ1) is 15.6. The fourth-order valence-electron chi connectivity index (χ4n) is 4.27. The molecule has 1 aliphatic rings. The van der Waals surface area contributed by atoms with Crippen LogP contribution in [0.4, 0.5) is 0 Å². The third-order valence-corrected chi connectivity index (χ3v) is 6.38. The van der Waals surface area contributed by atoms with Crippen molar-refractivity contribution in [3.05, 3.63) is 52.7 Å². The zero-order chi connectivity index (χ0) is 22.1. The van der Waals surface area contributed by atoms with Crippen LogP contribution in [0.1, 0.15) is 23.5 Å². The second-order valence-corrected chi connectivity index (χ2v) is 8.59. The average molecular weight is 455 g/mol. The number of morpholine rings is 1. The first-order valence-corrected chi connectivity index (χ1v) is 11.4. The Bertz CT molecular complexity index is 1230. The van der Waals surface area contributed by atoms with Gasteiger partial charge in [-0.3, -0.25) is 4.90 Å². The van der Waals surface area contributed by atoms with E-state index in [1.54, 1.807) is 23.0 Å². The van der Waals surface area contributed by atoms with Crippen molar-refractivity contribution >= 4 is 28.3 Å². The van der Waals surface area contributed by atoms with Crippen molar-refractivity contribution in [3.8, 4) is 5.75 Å². The van der Waals surface area contributed by atoms with E-state index in [0.29, 0.717) is 10.8 Å². The number of ether oxygens (including phenoxy) is 2. The summed E-state index contributed by atoms with van der Waals surface area (Å²) in [6.07, 6.45) is 2.82. The highest BCUT2D eigenvalue weighted by Gasteiger charge is 2.18. The fourth-order valence-corrected chi connectivity index (χ4v) is 4.39. The van der Waals surface area contributed by atoms with Crippen LogP contribution in [-0.4, -0.2) is 61.9 Å². The van der Waals surface area contributed by atoms with Gasteiger partial charge in [0, 0.05) is 36.9 Å². The van der Waals surface area contributed by atoms with Crippen molar-refractivity contribution in [1.29, 1.82) is 0 Å². The van der Waals surface area contributed by atoms with E-state index in [1.165, 1.54) is 11.3 Å². The third-order valence-electron chi connectivity index (χ3n) is 6.13. The van der Waals surface area contributed by atoms with Gasteiger partial charge in [-0.15, -0.1) is 5.10 Å². The fraction of sp³-hybridized carbons (Fsp3) is 0.435. The molecule has 0 radical (unpaired) electrons. The van der Waals surface area contributed by atoms with Gasteiger partial charge in [0.2, 0.25) is 0 Å². The predicted molar refractivity (Wildman–Crippen MR) is 123 cm³/mol. The number of benzene rings is 1. The van der Waals surface area contributed by atoms with E-state index in [1.807, 2.05) is 12.1 Å². The number of aryl methyl sites for hydroxylation is 2. The Kier molecular flexibility index (Phi) is 5.99. The molecule has 1 fully saturated rings. The zero-order valence-corrected chi connectivity index (χ0v) is 19.2. The molecule has 1 aromatic carbocycles. The van der Waals surface area contributed by atoms with Crippen LogP contribution >= 0.6 is 11.6 Å². The predicted octanol–water partition coefficient (Wildman–Crippen LogP) is 3.65. The number of rotatable bonds is 7. The lowest BCUT2D eigenvalue weighted by atomic mass is 10.2. The number of hydrogen-bond acceptors (Lipinski definition) is 6. The summed E-state index contributed by atoms with van der Waals surface area (Å²) in [5, 5.41) is 6.30. The Morgan fingerprint density at radius 3 is 2.62 bits per heavy atom. The van der Waals surface area contributed by atoms with Gasteiger partial charge in [-0.2, -0.15) is 0 Å². The van der Waals surface area contributed by atoms with Gasteiger partial charge in [-0.05, 0) is 50.1 Å². The van der Waals surface area contributed by atoms with Crippen LogP contribution in [0.2, 0.25) is 5.02 Å². The van der Waals surface area contributed by atoms with Crippen molar-refractivity contribution in [2.75, 3.05) is 32.8 Å². The van der Waals surface area contributed by atoms with E-state index in [4.69, 9.17) is 31.0 Å². The Morgan fingerprint density at radius 2 is 1.84 bits per heavy atom. The van der Waals surface area contributed by atoms with Gasteiger partial charge in [-0.1, -0.05) is 11.6 Å². The molecular weight excluding hydrogens is 428 g/mol. The van der Waals surface area contributed by atoms with Gasteiger partial charge in [0.25, 0.3) is 0 Å². The lowest BCUT2D eigenvalue weighted by Crippen LogP contribution is -2.37. The molecule has 0 aliphatic carbocycles. The van der Waals surface area contributed by atoms with Crippen molar-refractivity contribution < 1.29 is 9.47 Å². The summed E-state index contributed by atoms with van der Waals surface area (Å²) in [7, 11) is 0. The van der Waals surface area contributed by atoms with Crippen LogP contribution in [0.15, 0.2) is 30.6 Å². The number of aromatic nitrogens is 5. The van der Waals surface area contributed by atoms with Crippen LogP contribution in [-0.2, 0) is 17.9 Å². The molecule has 1 saturated heterocycles. The third kappa shape index (κ3) is 4.18. The SMILES string of the molecule is Cc1c(C)n(CCCN2CCOCC2)c2ncn3nc(COc4ccc(Cl)cc4)nc3c12. The maximum absolute atomic E-state index is 5.94. The largest absolute Gasteiger partial charge is 0.486 e. The van der Waals surface area contributed by atoms with E-state index in [2.05, 4.69) is 28.4 Å². The maximum atomic E-state index is 5.94. The number of halogens is 1. The highest BCUT2D eigenvalue weighted by molar-refractivity contribution is 6.30. The van der Waals surface area contributed by atoms with Gasteiger partial charge in [-0.25, -0.2) is 14.5 Å². The lowest BCUT2D eigenvalue weighted by Gasteiger charge is -2.26. The zero-order valence-electron chi connectivity index (χ0n) is 18.4. The minimum atomic E-state index is 0.281. The summed E-state index contributed by atoms with van der Waals surface area (Å²) in [5.74, 6) is 1.35. The van der Waals surface area contributed by atoms with Gasteiger partial charge in [0.15, 0.2) is 11.5 Å². The van der Waals surface area contributed by atoms with Gasteiger partial charge < -0.3 is 14.0 Å². The van der Waals surface area contributed by atoms with Crippen molar-refractivity contribution in [1.82, 2.24) is 29.0 Å². The Hall–Kier alpha value is -2.68. The molecule has 9 heteroatoms. The molecule has 0 bridgehead atoms. The summed E-state index contributed by atoms with van der Waals surface area (Å²) in [5.41, 5.74) is 4.20. The molecule has 32 heavy (non-hydrogen) atoms. The van der Waals surface area contributed by atoms with E-state index < -0.39 is 0 Å². The molecule has 0 amide bonds. The lowest BCUT2D eigenvalue weighted by molar-refractivity contribution is 0.0369. The molecule has 1 aliphatic heterocycles. The summed E-state index contributed by atoms with van der Waals surface area (Å²) >= 11 is 5.94. The van der Waals surface area contributed by atoms with Crippen LogP contribution in [0.3, 0.4) is 0 Å². The van der Waals surface area contributed by atoms with Crippen LogP contribution in [0.25, 0.3) is 16.7 Å². The molecule has 0 spiro atoms. The smallest absolute Gasteiger partial charge is 0.189 e. The van der Waals surface area contributed by atoms with E-state index in [0.717, 1.165) is 68.2 Å². The molecular formula is C23H27ClN6O2. The maximum Gasteiger partial charge on any atom is 0.189 e. The van der Waals surface area contributed by atoms with E-state index in [9.17, 15) is 0 Å². The van der Waals surface area contributed by atoms with E-state index in [-0.39, 0.29) is 6.61 Å². The number of hydrogen-bond donors (Lipinski definition) is 0. The monoisotopic (exact) mass is 454 g/mol. The summed E-state index contributed by atoms with van der Waals surface area (Å²) in [6, 6.07) is 7.27. The molecule has 168 valence electrons.